The largest absolute Gasteiger partial charge is 0.477 e. The first-order valence-electron chi connectivity index (χ1n) is 6.58. The number of hydrogen-bond donors (Lipinski definition) is 1. The molecule has 1 atom stereocenters. The number of hydrogen-bond acceptors (Lipinski definition) is 5. The lowest BCUT2D eigenvalue weighted by Crippen LogP contribution is -2.35. The molecule has 106 valence electrons. The van der Waals surface area contributed by atoms with Crippen LogP contribution in [-0.4, -0.2) is 38.9 Å². The van der Waals surface area contributed by atoms with Crippen LogP contribution in [0.2, 0.25) is 0 Å². The maximum absolute atomic E-state index is 11.6. The number of piperidine rings is 1. The van der Waals surface area contributed by atoms with Crippen LogP contribution < -0.4 is 10.1 Å². The van der Waals surface area contributed by atoms with Crippen LogP contribution in [0.4, 0.5) is 0 Å². The molecule has 1 fully saturated rings. The van der Waals surface area contributed by atoms with Crippen LogP contribution in [0.15, 0.2) is 23.2 Å². The average molecular weight is 284 g/mol. The van der Waals surface area contributed by atoms with Crippen molar-refractivity contribution in [3.05, 3.63) is 18.3 Å². The van der Waals surface area contributed by atoms with E-state index in [0.29, 0.717) is 12.6 Å². The van der Waals surface area contributed by atoms with E-state index in [-0.39, 0.29) is 10.8 Å². The second kappa shape index (κ2) is 6.34. The number of sulfone groups is 1. The molecule has 0 saturated carbocycles. The number of nitrogens with one attached hydrogen (secondary N) is 1. The summed E-state index contributed by atoms with van der Waals surface area (Å²) >= 11 is 0. The highest BCUT2D eigenvalue weighted by molar-refractivity contribution is 7.90. The number of ether oxygens (including phenoxy) is 1. The summed E-state index contributed by atoms with van der Waals surface area (Å²) in [5, 5.41) is 3.43. The molecule has 1 aromatic rings. The number of aromatic nitrogens is 1. The van der Waals surface area contributed by atoms with Gasteiger partial charge < -0.3 is 10.1 Å². The van der Waals surface area contributed by atoms with Gasteiger partial charge in [0.05, 0.1) is 6.61 Å². The predicted octanol–water partition coefficient (Wildman–Crippen LogP) is 1.40. The maximum Gasteiger partial charge on any atom is 0.232 e. The Balaban J connectivity index is 1.92. The third-order valence-electron chi connectivity index (χ3n) is 3.25. The third-order valence-corrected chi connectivity index (χ3v) is 4.36. The second-order valence-electron chi connectivity index (χ2n) is 4.86. The van der Waals surface area contributed by atoms with Gasteiger partial charge in [-0.2, -0.15) is 0 Å². The molecule has 1 aliphatic heterocycles. The molecule has 1 saturated heterocycles. The summed E-state index contributed by atoms with van der Waals surface area (Å²) < 4.78 is 28.7. The third kappa shape index (κ3) is 4.18. The zero-order chi connectivity index (χ0) is 13.7. The lowest BCUT2D eigenvalue weighted by Gasteiger charge is -2.23. The summed E-state index contributed by atoms with van der Waals surface area (Å²) in [6.45, 7) is 1.54. The number of pyridine rings is 1. The Kier molecular flexibility index (Phi) is 4.76. The van der Waals surface area contributed by atoms with Crippen LogP contribution in [0.1, 0.15) is 25.7 Å². The lowest BCUT2D eigenvalue weighted by molar-refractivity contribution is 0.255. The zero-order valence-corrected chi connectivity index (χ0v) is 11.9. The molecule has 1 aliphatic rings. The Morgan fingerprint density at radius 1 is 1.47 bits per heavy atom. The Labute approximate surface area is 114 Å². The van der Waals surface area contributed by atoms with E-state index < -0.39 is 9.84 Å². The van der Waals surface area contributed by atoms with Crippen molar-refractivity contribution >= 4 is 9.84 Å². The normalized spacial score (nSPS) is 20.2. The van der Waals surface area contributed by atoms with Crippen molar-refractivity contribution in [3.8, 4) is 5.88 Å². The molecule has 19 heavy (non-hydrogen) atoms. The summed E-state index contributed by atoms with van der Waals surface area (Å²) in [5.74, 6) is 0.209. The van der Waals surface area contributed by atoms with Gasteiger partial charge in [-0.3, -0.25) is 0 Å². The molecule has 0 spiro atoms. The van der Waals surface area contributed by atoms with Gasteiger partial charge in [-0.1, -0.05) is 6.42 Å². The highest BCUT2D eigenvalue weighted by Gasteiger charge is 2.16. The molecule has 1 unspecified atom stereocenters. The molecule has 2 rings (SSSR count). The fourth-order valence-corrected chi connectivity index (χ4v) is 2.99. The summed E-state index contributed by atoms with van der Waals surface area (Å²) in [7, 11) is -3.29. The van der Waals surface area contributed by atoms with Crippen molar-refractivity contribution in [2.24, 2.45) is 0 Å². The molecule has 1 aromatic heterocycles. The Bertz CT molecular complexity index is 510. The van der Waals surface area contributed by atoms with Crippen LogP contribution in [0.3, 0.4) is 0 Å². The van der Waals surface area contributed by atoms with Gasteiger partial charge in [-0.25, -0.2) is 13.4 Å². The maximum atomic E-state index is 11.6. The van der Waals surface area contributed by atoms with Gasteiger partial charge >= 0.3 is 0 Å². The molecule has 6 heteroatoms. The number of nitrogens with zero attached hydrogens (tertiary/aromatic N) is 1. The Morgan fingerprint density at radius 2 is 2.32 bits per heavy atom. The molecule has 0 radical (unpaired) electrons. The summed E-state index contributed by atoms with van der Waals surface area (Å²) in [4.78, 5) is 4.16. The van der Waals surface area contributed by atoms with E-state index in [0.717, 1.165) is 19.4 Å². The molecule has 1 N–H and O–H groups in total. The Hall–Kier alpha value is -1.14. The van der Waals surface area contributed by atoms with Gasteiger partial charge in [0, 0.05) is 18.5 Å². The first-order chi connectivity index (χ1) is 9.07. The summed E-state index contributed by atoms with van der Waals surface area (Å²) in [6.07, 6.45) is 7.22. The average Bonchev–Trinajstić information content (AvgIpc) is 2.39. The molecule has 0 bridgehead atoms. The monoisotopic (exact) mass is 284 g/mol. The Morgan fingerprint density at radius 3 is 3.00 bits per heavy atom. The minimum Gasteiger partial charge on any atom is -0.477 e. The fourth-order valence-electron chi connectivity index (χ4n) is 2.23. The fraction of sp³-hybridized carbons (Fsp3) is 0.615. The summed E-state index contributed by atoms with van der Waals surface area (Å²) in [5.41, 5.74) is 0. The SMILES string of the molecule is CS(=O)(=O)c1cccnc1OCCC1CCCCN1. The molecule has 2 heterocycles. The molecular formula is C13H20N2O3S. The van der Waals surface area contributed by atoms with E-state index in [1.807, 2.05) is 0 Å². The molecule has 0 aromatic carbocycles. The highest BCUT2D eigenvalue weighted by Crippen LogP contribution is 2.20. The van der Waals surface area contributed by atoms with Gasteiger partial charge in [-0.15, -0.1) is 0 Å². The molecular weight excluding hydrogens is 264 g/mol. The van der Waals surface area contributed by atoms with E-state index in [2.05, 4.69) is 10.3 Å². The minimum atomic E-state index is -3.29. The van der Waals surface area contributed by atoms with E-state index in [4.69, 9.17) is 4.74 Å². The van der Waals surface area contributed by atoms with Gasteiger partial charge in [0.2, 0.25) is 5.88 Å². The summed E-state index contributed by atoms with van der Waals surface area (Å²) in [6, 6.07) is 3.60. The van der Waals surface area contributed by atoms with Crippen LogP contribution in [0.25, 0.3) is 0 Å². The van der Waals surface area contributed by atoms with Crippen LogP contribution in [0.5, 0.6) is 5.88 Å². The topological polar surface area (TPSA) is 68.3 Å². The molecule has 0 aliphatic carbocycles. The smallest absolute Gasteiger partial charge is 0.232 e. The van der Waals surface area contributed by atoms with E-state index in [1.54, 1.807) is 12.3 Å². The number of rotatable bonds is 5. The van der Waals surface area contributed by atoms with Crippen molar-refractivity contribution in [1.82, 2.24) is 10.3 Å². The molecule has 5 nitrogen and oxygen atoms in total. The van der Waals surface area contributed by atoms with E-state index in [1.165, 1.54) is 25.2 Å². The van der Waals surface area contributed by atoms with Crippen molar-refractivity contribution < 1.29 is 13.2 Å². The zero-order valence-electron chi connectivity index (χ0n) is 11.1. The second-order valence-corrected chi connectivity index (χ2v) is 6.85. The lowest BCUT2D eigenvalue weighted by atomic mass is 10.0. The molecule has 0 amide bonds. The van der Waals surface area contributed by atoms with Crippen molar-refractivity contribution in [2.45, 2.75) is 36.6 Å². The van der Waals surface area contributed by atoms with Crippen LogP contribution >= 0.6 is 0 Å². The van der Waals surface area contributed by atoms with Crippen molar-refractivity contribution in [1.29, 1.82) is 0 Å². The van der Waals surface area contributed by atoms with Crippen molar-refractivity contribution in [3.63, 3.8) is 0 Å². The van der Waals surface area contributed by atoms with Gasteiger partial charge in [-0.05, 0) is 37.9 Å². The first kappa shape index (κ1) is 14.3. The van der Waals surface area contributed by atoms with E-state index >= 15 is 0 Å². The van der Waals surface area contributed by atoms with Gasteiger partial charge in [0.25, 0.3) is 0 Å². The predicted molar refractivity (Wildman–Crippen MR) is 73.1 cm³/mol. The van der Waals surface area contributed by atoms with Gasteiger partial charge in [0.15, 0.2) is 9.84 Å². The van der Waals surface area contributed by atoms with Gasteiger partial charge in [0.1, 0.15) is 4.90 Å². The first-order valence-corrected chi connectivity index (χ1v) is 8.48. The highest BCUT2D eigenvalue weighted by atomic mass is 32.2. The van der Waals surface area contributed by atoms with E-state index in [9.17, 15) is 8.42 Å². The quantitative estimate of drug-likeness (QED) is 0.885. The van der Waals surface area contributed by atoms with Crippen LogP contribution in [0, 0.1) is 0 Å². The van der Waals surface area contributed by atoms with Crippen molar-refractivity contribution in [2.75, 3.05) is 19.4 Å². The van der Waals surface area contributed by atoms with Crippen LogP contribution in [-0.2, 0) is 9.84 Å². The minimum absolute atomic E-state index is 0.159. The standard InChI is InChI=1S/C13H20N2O3S/c1-19(16,17)12-6-4-9-15-13(12)18-10-7-11-5-2-3-8-14-11/h4,6,9,11,14H,2-3,5,7-8,10H2,1H3.